The van der Waals surface area contributed by atoms with Crippen molar-refractivity contribution in [2.75, 3.05) is 18.1 Å². The standard InChI is InChI=1S/C14H31NOS/c1-7-9-15-13(14(4,5)6)11-17(16)10-8-12(2)3/h12-13,15H,7-11H2,1-6H3. The zero-order valence-electron chi connectivity index (χ0n) is 12.5. The van der Waals surface area contributed by atoms with E-state index in [9.17, 15) is 4.21 Å². The molecule has 0 aromatic rings. The van der Waals surface area contributed by atoms with Gasteiger partial charge in [0.25, 0.3) is 0 Å². The first-order valence-electron chi connectivity index (χ1n) is 6.85. The van der Waals surface area contributed by atoms with Crippen LogP contribution in [0.25, 0.3) is 0 Å². The molecule has 0 saturated carbocycles. The summed E-state index contributed by atoms with van der Waals surface area (Å²) in [5.74, 6) is 2.28. The van der Waals surface area contributed by atoms with Crippen LogP contribution in [-0.4, -0.2) is 28.3 Å². The van der Waals surface area contributed by atoms with E-state index in [1.54, 1.807) is 0 Å². The van der Waals surface area contributed by atoms with Crippen LogP contribution < -0.4 is 5.32 Å². The van der Waals surface area contributed by atoms with Crippen LogP contribution in [0, 0.1) is 11.3 Å². The highest BCUT2D eigenvalue weighted by molar-refractivity contribution is 7.85. The number of rotatable bonds is 8. The zero-order chi connectivity index (χ0) is 13.5. The molecule has 0 heterocycles. The first-order valence-corrected chi connectivity index (χ1v) is 8.34. The van der Waals surface area contributed by atoms with E-state index in [-0.39, 0.29) is 5.41 Å². The van der Waals surface area contributed by atoms with Crippen molar-refractivity contribution in [1.29, 1.82) is 0 Å². The van der Waals surface area contributed by atoms with Crippen molar-refractivity contribution in [1.82, 2.24) is 5.32 Å². The maximum atomic E-state index is 12.0. The van der Waals surface area contributed by atoms with Gasteiger partial charge in [0.05, 0.1) is 0 Å². The topological polar surface area (TPSA) is 29.1 Å². The molecule has 0 aliphatic rings. The van der Waals surface area contributed by atoms with Crippen molar-refractivity contribution in [3.63, 3.8) is 0 Å². The third kappa shape index (κ3) is 8.78. The highest BCUT2D eigenvalue weighted by atomic mass is 32.2. The fourth-order valence-electron chi connectivity index (χ4n) is 1.57. The highest BCUT2D eigenvalue weighted by Crippen LogP contribution is 2.20. The fraction of sp³-hybridized carbons (Fsp3) is 1.00. The van der Waals surface area contributed by atoms with Gasteiger partial charge in [0.2, 0.25) is 0 Å². The third-order valence-electron chi connectivity index (χ3n) is 2.96. The van der Waals surface area contributed by atoms with Gasteiger partial charge >= 0.3 is 0 Å². The molecule has 0 spiro atoms. The Bertz CT molecular complexity index is 221. The number of hydrogen-bond acceptors (Lipinski definition) is 2. The fourth-order valence-corrected chi connectivity index (χ4v) is 3.46. The van der Waals surface area contributed by atoms with Crippen LogP contribution in [0.15, 0.2) is 0 Å². The van der Waals surface area contributed by atoms with Gasteiger partial charge in [-0.05, 0) is 30.7 Å². The Kier molecular flexibility index (Phi) is 8.31. The Hall–Kier alpha value is 0.110. The summed E-state index contributed by atoms with van der Waals surface area (Å²) < 4.78 is 12.0. The van der Waals surface area contributed by atoms with Crippen molar-refractivity contribution in [3.05, 3.63) is 0 Å². The van der Waals surface area contributed by atoms with Crippen molar-refractivity contribution in [3.8, 4) is 0 Å². The maximum absolute atomic E-state index is 12.0. The normalized spacial score (nSPS) is 16.2. The van der Waals surface area contributed by atoms with Crippen LogP contribution in [0.3, 0.4) is 0 Å². The van der Waals surface area contributed by atoms with Crippen LogP contribution >= 0.6 is 0 Å². The lowest BCUT2D eigenvalue weighted by atomic mass is 9.88. The smallest absolute Gasteiger partial charge is 0.0393 e. The summed E-state index contributed by atoms with van der Waals surface area (Å²) >= 11 is 0. The van der Waals surface area contributed by atoms with Crippen LogP contribution in [0.2, 0.25) is 0 Å². The van der Waals surface area contributed by atoms with Crippen molar-refractivity contribution >= 4 is 10.8 Å². The van der Waals surface area contributed by atoms with Gasteiger partial charge in [0.15, 0.2) is 0 Å². The van der Waals surface area contributed by atoms with Gasteiger partial charge in [0, 0.05) is 28.3 Å². The molecular weight excluding hydrogens is 230 g/mol. The van der Waals surface area contributed by atoms with Crippen LogP contribution in [0.5, 0.6) is 0 Å². The second-order valence-electron chi connectivity index (χ2n) is 6.37. The van der Waals surface area contributed by atoms with Crippen molar-refractivity contribution in [2.45, 2.75) is 60.4 Å². The summed E-state index contributed by atoms with van der Waals surface area (Å²) in [4.78, 5) is 0. The molecule has 0 aliphatic heterocycles. The predicted molar refractivity (Wildman–Crippen MR) is 78.9 cm³/mol. The molecule has 104 valence electrons. The van der Waals surface area contributed by atoms with E-state index in [4.69, 9.17) is 0 Å². The molecule has 3 heteroatoms. The lowest BCUT2D eigenvalue weighted by Crippen LogP contribution is -2.44. The Morgan fingerprint density at radius 2 is 1.82 bits per heavy atom. The molecule has 17 heavy (non-hydrogen) atoms. The van der Waals surface area contributed by atoms with Gasteiger partial charge in [-0.1, -0.05) is 41.5 Å². The molecule has 0 saturated heterocycles. The minimum atomic E-state index is -0.683. The molecule has 0 rings (SSSR count). The second-order valence-corrected chi connectivity index (χ2v) is 7.99. The zero-order valence-corrected chi connectivity index (χ0v) is 13.3. The molecule has 0 amide bonds. The van der Waals surface area contributed by atoms with Crippen molar-refractivity contribution < 1.29 is 4.21 Å². The average Bonchev–Trinajstić information content (AvgIpc) is 2.19. The molecule has 0 aromatic heterocycles. The van der Waals surface area contributed by atoms with Gasteiger partial charge in [-0.15, -0.1) is 0 Å². The number of hydrogen-bond donors (Lipinski definition) is 1. The lowest BCUT2D eigenvalue weighted by Gasteiger charge is -2.31. The summed E-state index contributed by atoms with van der Waals surface area (Å²) in [7, 11) is -0.683. The first kappa shape index (κ1) is 17.1. The lowest BCUT2D eigenvalue weighted by molar-refractivity contribution is 0.290. The van der Waals surface area contributed by atoms with E-state index >= 15 is 0 Å². The molecule has 2 unspecified atom stereocenters. The summed E-state index contributed by atoms with van der Waals surface area (Å²) in [6, 6.07) is 0.357. The molecular formula is C14H31NOS. The quantitative estimate of drug-likeness (QED) is 0.727. The van der Waals surface area contributed by atoms with Crippen LogP contribution in [0.1, 0.15) is 54.4 Å². The predicted octanol–water partition coefficient (Wildman–Crippen LogP) is 3.20. The molecule has 0 fully saturated rings. The summed E-state index contributed by atoms with van der Waals surface area (Å²) in [6.07, 6.45) is 2.20. The summed E-state index contributed by atoms with van der Waals surface area (Å²) in [5, 5.41) is 3.53. The average molecular weight is 261 g/mol. The van der Waals surface area contributed by atoms with Gasteiger partial charge in [-0.25, -0.2) is 0 Å². The molecule has 2 atom stereocenters. The molecule has 0 radical (unpaired) electrons. The molecule has 0 bridgehead atoms. The Morgan fingerprint density at radius 3 is 2.24 bits per heavy atom. The second kappa shape index (κ2) is 8.25. The SMILES string of the molecule is CCCNC(CS(=O)CCC(C)C)C(C)(C)C. The Balaban J connectivity index is 4.18. The van der Waals surface area contributed by atoms with Gasteiger partial charge < -0.3 is 5.32 Å². The molecule has 1 N–H and O–H groups in total. The van der Waals surface area contributed by atoms with Gasteiger partial charge in [0.1, 0.15) is 0 Å². The van der Waals surface area contributed by atoms with E-state index < -0.39 is 10.8 Å². The summed E-state index contributed by atoms with van der Waals surface area (Å²) in [6.45, 7) is 14.2. The van der Waals surface area contributed by atoms with E-state index in [1.807, 2.05) is 0 Å². The van der Waals surface area contributed by atoms with Crippen LogP contribution in [0.4, 0.5) is 0 Å². The Labute approximate surface area is 110 Å². The van der Waals surface area contributed by atoms with Crippen LogP contribution in [-0.2, 0) is 10.8 Å². The third-order valence-corrected chi connectivity index (χ3v) is 4.36. The van der Waals surface area contributed by atoms with Gasteiger partial charge in [-0.2, -0.15) is 0 Å². The van der Waals surface area contributed by atoms with E-state index in [1.165, 1.54) is 0 Å². The largest absolute Gasteiger partial charge is 0.313 e. The van der Waals surface area contributed by atoms with E-state index in [0.717, 1.165) is 30.9 Å². The molecule has 2 nitrogen and oxygen atoms in total. The summed E-state index contributed by atoms with van der Waals surface area (Å²) in [5.41, 5.74) is 0.183. The van der Waals surface area contributed by atoms with Gasteiger partial charge in [-0.3, -0.25) is 4.21 Å². The molecule has 0 aliphatic carbocycles. The first-order chi connectivity index (χ1) is 7.77. The Morgan fingerprint density at radius 1 is 1.24 bits per heavy atom. The maximum Gasteiger partial charge on any atom is 0.0393 e. The van der Waals surface area contributed by atoms with E-state index in [0.29, 0.717) is 12.0 Å². The van der Waals surface area contributed by atoms with E-state index in [2.05, 4.69) is 46.9 Å². The minimum absolute atomic E-state index is 0.183. The minimum Gasteiger partial charge on any atom is -0.313 e. The molecule has 0 aromatic carbocycles. The van der Waals surface area contributed by atoms with Crippen molar-refractivity contribution in [2.24, 2.45) is 11.3 Å². The number of nitrogens with one attached hydrogen (secondary N) is 1. The monoisotopic (exact) mass is 261 g/mol. The highest BCUT2D eigenvalue weighted by Gasteiger charge is 2.25.